The van der Waals surface area contributed by atoms with Crippen LogP contribution in [0, 0.1) is 0 Å². The molecule has 1 aromatic rings. The summed E-state index contributed by atoms with van der Waals surface area (Å²) >= 11 is 0. The molecule has 0 saturated carbocycles. The van der Waals surface area contributed by atoms with Crippen LogP contribution in [0.3, 0.4) is 0 Å². The van der Waals surface area contributed by atoms with Crippen molar-refractivity contribution in [2.75, 3.05) is 33.0 Å². The average molecular weight is 507 g/mol. The number of cyclic esters (lactones) is 1. The van der Waals surface area contributed by atoms with E-state index in [1.807, 2.05) is 0 Å². The molecule has 2 heterocycles. The number of likely N-dealkylation sites (N-methyl/N-ethyl adjacent to an activating group) is 1. The average Bonchev–Trinajstić information content (AvgIpc) is 3.30. The number of nitrogens with zero attached hydrogens (tertiary/aromatic N) is 2. The van der Waals surface area contributed by atoms with Crippen LogP contribution >= 0.6 is 0 Å². The van der Waals surface area contributed by atoms with E-state index in [1.54, 1.807) is 18.2 Å². The Morgan fingerprint density at radius 1 is 1.20 bits per heavy atom. The van der Waals surface area contributed by atoms with Gasteiger partial charge in [-0.05, 0) is 24.5 Å². The standard InChI is InChI=1S/C23H30N4O7S/c1-14(28)27-10-6-9-19(27)21(30)24-17-11-34-23(32)16-8-5-4-7-15(16)12-35(33)13-18(25-20(17)29)22(31)26(2)3/h4-5,7-8,17-19H,6,9-13H2,1-3H3,(H,24,30)(H,25,29)/t17-,18-,19+,35+/m1/s1. The molecule has 11 nitrogen and oxygen atoms in total. The first-order valence-electron chi connectivity index (χ1n) is 11.3. The fourth-order valence-electron chi connectivity index (χ4n) is 4.13. The molecule has 0 aliphatic carbocycles. The van der Waals surface area contributed by atoms with Gasteiger partial charge in [0.25, 0.3) is 0 Å². The van der Waals surface area contributed by atoms with E-state index in [0.29, 0.717) is 24.9 Å². The number of likely N-dealkylation sites (tertiary alicyclic amines) is 1. The molecule has 1 aromatic carbocycles. The Bertz CT molecular complexity index is 1040. The minimum atomic E-state index is -1.59. The van der Waals surface area contributed by atoms with Crippen LogP contribution in [0.25, 0.3) is 0 Å². The molecule has 2 aliphatic heterocycles. The van der Waals surface area contributed by atoms with E-state index >= 15 is 0 Å². The third-order valence-electron chi connectivity index (χ3n) is 5.94. The Kier molecular flexibility index (Phi) is 8.60. The van der Waals surface area contributed by atoms with Crippen LogP contribution in [0.5, 0.6) is 0 Å². The van der Waals surface area contributed by atoms with Crippen molar-refractivity contribution in [1.82, 2.24) is 20.4 Å². The van der Waals surface area contributed by atoms with E-state index in [2.05, 4.69) is 10.6 Å². The topological polar surface area (TPSA) is 142 Å². The fraction of sp³-hybridized carbons (Fsp3) is 0.522. The summed E-state index contributed by atoms with van der Waals surface area (Å²) in [4.78, 5) is 66.1. The van der Waals surface area contributed by atoms with Gasteiger partial charge in [-0.25, -0.2) is 4.79 Å². The highest BCUT2D eigenvalue weighted by molar-refractivity contribution is 7.84. The van der Waals surface area contributed by atoms with Crippen molar-refractivity contribution in [1.29, 1.82) is 0 Å². The van der Waals surface area contributed by atoms with E-state index in [0.717, 1.165) is 0 Å². The van der Waals surface area contributed by atoms with E-state index in [4.69, 9.17) is 4.74 Å². The lowest BCUT2D eigenvalue weighted by Crippen LogP contribution is -2.58. The molecule has 1 saturated heterocycles. The number of benzene rings is 1. The number of esters is 1. The second-order valence-corrected chi connectivity index (χ2v) is 10.2. The molecular formula is C23H30N4O7S. The van der Waals surface area contributed by atoms with Gasteiger partial charge in [-0.15, -0.1) is 0 Å². The lowest BCUT2D eigenvalue weighted by Gasteiger charge is -2.27. The Balaban J connectivity index is 1.90. The van der Waals surface area contributed by atoms with Crippen molar-refractivity contribution in [3.05, 3.63) is 35.4 Å². The van der Waals surface area contributed by atoms with Crippen molar-refractivity contribution in [2.24, 2.45) is 0 Å². The number of ether oxygens (including phenoxy) is 1. The highest BCUT2D eigenvalue weighted by Crippen LogP contribution is 2.18. The van der Waals surface area contributed by atoms with Gasteiger partial charge < -0.3 is 25.2 Å². The Morgan fingerprint density at radius 2 is 1.91 bits per heavy atom. The molecule has 0 unspecified atom stereocenters. The first-order chi connectivity index (χ1) is 16.6. The fourth-order valence-corrected chi connectivity index (χ4v) is 5.44. The van der Waals surface area contributed by atoms with Crippen LogP contribution < -0.4 is 10.6 Å². The van der Waals surface area contributed by atoms with Crippen LogP contribution in [0.15, 0.2) is 24.3 Å². The maximum atomic E-state index is 13.1. The predicted molar refractivity (Wildman–Crippen MR) is 126 cm³/mol. The summed E-state index contributed by atoms with van der Waals surface area (Å²) in [6.45, 7) is 1.32. The van der Waals surface area contributed by atoms with Gasteiger partial charge in [-0.1, -0.05) is 18.2 Å². The summed E-state index contributed by atoms with van der Waals surface area (Å²) < 4.78 is 18.2. The second-order valence-electron chi connectivity index (χ2n) is 8.73. The maximum Gasteiger partial charge on any atom is 0.338 e. The third kappa shape index (κ3) is 6.44. The summed E-state index contributed by atoms with van der Waals surface area (Å²) in [5.74, 6) is -2.93. The molecule has 2 aliphatic rings. The minimum Gasteiger partial charge on any atom is -0.459 e. The Labute approximate surface area is 206 Å². The zero-order chi connectivity index (χ0) is 25.7. The van der Waals surface area contributed by atoms with Gasteiger partial charge >= 0.3 is 5.97 Å². The molecule has 1 fully saturated rings. The van der Waals surface area contributed by atoms with Crippen LogP contribution in [0.1, 0.15) is 35.7 Å². The lowest BCUT2D eigenvalue weighted by molar-refractivity contribution is -0.139. The first kappa shape index (κ1) is 26.3. The molecule has 190 valence electrons. The van der Waals surface area contributed by atoms with E-state index < -0.39 is 59.2 Å². The second kappa shape index (κ2) is 11.4. The number of hydrogen-bond acceptors (Lipinski definition) is 7. The summed E-state index contributed by atoms with van der Waals surface area (Å²) in [5, 5.41) is 5.12. The number of hydrogen-bond donors (Lipinski definition) is 2. The van der Waals surface area contributed by atoms with Crippen LogP contribution in [-0.4, -0.2) is 94.7 Å². The van der Waals surface area contributed by atoms with Crippen LogP contribution in [0.4, 0.5) is 0 Å². The summed E-state index contributed by atoms with van der Waals surface area (Å²) in [7, 11) is 1.43. The van der Waals surface area contributed by atoms with Gasteiger partial charge in [0, 0.05) is 44.1 Å². The number of rotatable bonds is 3. The molecular weight excluding hydrogens is 476 g/mol. The predicted octanol–water partition coefficient (Wildman–Crippen LogP) is -0.826. The van der Waals surface area contributed by atoms with Gasteiger partial charge in [0.2, 0.25) is 23.6 Å². The van der Waals surface area contributed by atoms with Gasteiger partial charge in [0.15, 0.2) is 0 Å². The van der Waals surface area contributed by atoms with Crippen LogP contribution in [0.2, 0.25) is 0 Å². The first-order valence-corrected chi connectivity index (χ1v) is 12.8. The summed E-state index contributed by atoms with van der Waals surface area (Å²) in [5.41, 5.74) is 0.684. The van der Waals surface area contributed by atoms with Crippen molar-refractivity contribution >= 4 is 40.4 Å². The van der Waals surface area contributed by atoms with Crippen molar-refractivity contribution in [3.8, 4) is 0 Å². The molecule has 0 spiro atoms. The molecule has 3 rings (SSSR count). The molecule has 35 heavy (non-hydrogen) atoms. The van der Waals surface area contributed by atoms with E-state index in [1.165, 1.54) is 36.9 Å². The van der Waals surface area contributed by atoms with E-state index in [-0.39, 0.29) is 23.0 Å². The third-order valence-corrected chi connectivity index (χ3v) is 7.27. The number of amides is 4. The number of carbonyl (C=O) groups excluding carboxylic acids is 5. The van der Waals surface area contributed by atoms with Crippen molar-refractivity contribution in [3.63, 3.8) is 0 Å². The van der Waals surface area contributed by atoms with Crippen LogP contribution in [-0.2, 0) is 40.5 Å². The zero-order valence-corrected chi connectivity index (χ0v) is 20.8. The Hall–Kier alpha value is -3.28. The van der Waals surface area contributed by atoms with E-state index in [9.17, 15) is 28.2 Å². The molecule has 0 aromatic heterocycles. The maximum absolute atomic E-state index is 13.1. The number of nitrogens with one attached hydrogen (secondary N) is 2. The number of fused-ring (bicyclic) bond motifs is 1. The monoisotopic (exact) mass is 506 g/mol. The molecule has 0 bridgehead atoms. The normalized spacial score (nSPS) is 25.3. The highest BCUT2D eigenvalue weighted by atomic mass is 32.2. The number of carbonyl (C=O) groups is 5. The molecule has 12 heteroatoms. The van der Waals surface area contributed by atoms with Crippen molar-refractivity contribution in [2.45, 2.75) is 43.6 Å². The van der Waals surface area contributed by atoms with Gasteiger partial charge in [-0.2, -0.15) is 0 Å². The summed E-state index contributed by atoms with van der Waals surface area (Å²) in [6, 6.07) is 3.33. The molecule has 4 atom stereocenters. The smallest absolute Gasteiger partial charge is 0.338 e. The summed E-state index contributed by atoms with van der Waals surface area (Å²) in [6.07, 6.45) is 1.08. The van der Waals surface area contributed by atoms with Gasteiger partial charge in [0.1, 0.15) is 24.7 Å². The van der Waals surface area contributed by atoms with Gasteiger partial charge in [-0.3, -0.25) is 23.4 Å². The molecule has 0 radical (unpaired) electrons. The molecule has 2 N–H and O–H groups in total. The quantitative estimate of drug-likeness (QED) is 0.510. The molecule has 4 amide bonds. The SMILES string of the molecule is CC(=O)N1CCC[C@H]1C(=O)N[C@@H]1COC(=O)c2ccccc2C[S@](=O)C[C@H](C(=O)N(C)C)NC1=O. The Morgan fingerprint density at radius 3 is 2.60 bits per heavy atom. The largest absolute Gasteiger partial charge is 0.459 e. The van der Waals surface area contributed by atoms with Crippen molar-refractivity contribution < 1.29 is 32.9 Å². The minimum absolute atomic E-state index is 0.00107. The van der Waals surface area contributed by atoms with Gasteiger partial charge in [0.05, 0.1) is 11.3 Å². The lowest BCUT2D eigenvalue weighted by atomic mass is 10.1. The highest BCUT2D eigenvalue weighted by Gasteiger charge is 2.36. The zero-order valence-electron chi connectivity index (χ0n) is 19.9.